The molecule has 1 atom stereocenters. The van der Waals surface area contributed by atoms with Crippen molar-refractivity contribution in [2.75, 3.05) is 26.7 Å². The van der Waals surface area contributed by atoms with Gasteiger partial charge in [-0.15, -0.1) is 0 Å². The van der Waals surface area contributed by atoms with Gasteiger partial charge in [0, 0.05) is 50.7 Å². The average molecular weight is 498 g/mol. The number of carbonyl (C=O) groups excluding carboxylic acids is 1. The fourth-order valence-electron chi connectivity index (χ4n) is 5.21. The first-order valence-corrected chi connectivity index (χ1v) is 13.0. The molecule has 4 aromatic rings. The van der Waals surface area contributed by atoms with Crippen molar-refractivity contribution in [1.82, 2.24) is 24.6 Å². The maximum Gasteiger partial charge on any atom is 0.272 e. The second-order valence-corrected chi connectivity index (χ2v) is 10.2. The van der Waals surface area contributed by atoms with Crippen molar-refractivity contribution in [2.45, 2.75) is 32.9 Å². The lowest BCUT2D eigenvalue weighted by Gasteiger charge is -2.32. The average Bonchev–Trinajstić information content (AvgIpc) is 3.25. The number of carbonyl (C=O) groups is 1. The minimum atomic E-state index is 0.0560. The number of benzene rings is 2. The van der Waals surface area contributed by atoms with Crippen molar-refractivity contribution in [3.8, 4) is 5.75 Å². The molecule has 1 aliphatic rings. The van der Waals surface area contributed by atoms with Crippen LogP contribution in [0.25, 0.3) is 10.9 Å². The van der Waals surface area contributed by atoms with Crippen LogP contribution in [0.1, 0.15) is 40.2 Å². The van der Waals surface area contributed by atoms with Gasteiger partial charge in [-0.3, -0.25) is 19.4 Å². The quantitative estimate of drug-likeness (QED) is 0.349. The summed E-state index contributed by atoms with van der Waals surface area (Å²) in [4.78, 5) is 21.7. The Labute approximate surface area is 218 Å². The predicted molar refractivity (Wildman–Crippen MR) is 145 cm³/mol. The summed E-state index contributed by atoms with van der Waals surface area (Å²) in [6.45, 7) is 5.72. The maximum atomic E-state index is 13.0. The first-order valence-electron chi connectivity index (χ1n) is 13.0. The lowest BCUT2D eigenvalue weighted by atomic mass is 9.98. The summed E-state index contributed by atoms with van der Waals surface area (Å²) in [7, 11) is 3.97. The number of fused-ring (bicyclic) bond motifs is 1. The van der Waals surface area contributed by atoms with Gasteiger partial charge < -0.3 is 9.64 Å². The molecule has 192 valence electrons. The highest BCUT2D eigenvalue weighted by Crippen LogP contribution is 2.22. The third-order valence-corrected chi connectivity index (χ3v) is 6.98. The number of likely N-dealkylation sites (tertiary alicyclic amines) is 1. The molecule has 2 aromatic carbocycles. The van der Waals surface area contributed by atoms with Gasteiger partial charge in [0.2, 0.25) is 0 Å². The summed E-state index contributed by atoms with van der Waals surface area (Å²) in [5, 5.41) is 5.49. The predicted octanol–water partition coefficient (Wildman–Crippen LogP) is 4.84. The summed E-state index contributed by atoms with van der Waals surface area (Å²) in [6, 6.07) is 20.7. The molecule has 0 spiro atoms. The Balaban J connectivity index is 1.14. The van der Waals surface area contributed by atoms with E-state index in [1.54, 1.807) is 4.68 Å². The third-order valence-electron chi connectivity index (χ3n) is 6.98. The number of pyridine rings is 1. The van der Waals surface area contributed by atoms with E-state index in [4.69, 9.17) is 4.74 Å². The van der Waals surface area contributed by atoms with E-state index < -0.39 is 0 Å². The van der Waals surface area contributed by atoms with E-state index >= 15 is 0 Å². The molecule has 1 saturated heterocycles. The first kappa shape index (κ1) is 25.0. The Kier molecular flexibility index (Phi) is 7.51. The van der Waals surface area contributed by atoms with Gasteiger partial charge in [-0.05, 0) is 74.3 Å². The highest BCUT2D eigenvalue weighted by molar-refractivity contribution is 5.92. The molecule has 7 nitrogen and oxygen atoms in total. The summed E-state index contributed by atoms with van der Waals surface area (Å²) in [5.74, 6) is 1.26. The first-order chi connectivity index (χ1) is 17.9. The summed E-state index contributed by atoms with van der Waals surface area (Å²) >= 11 is 0. The Hall–Kier alpha value is -3.71. The molecule has 0 bridgehead atoms. The number of hydrogen-bond acceptors (Lipinski definition) is 5. The number of aryl methyl sites for hydroxylation is 2. The van der Waals surface area contributed by atoms with Gasteiger partial charge in [0.25, 0.3) is 5.91 Å². The standard InChI is InChI=1S/C30H35N5O2/c1-22-15-29(34(3)32-22)30(36)35-14-6-8-25(20-35)21-37-27-10-4-7-23(17-27)18-33(2)19-24-11-12-28-26(16-24)9-5-13-31-28/h4-5,7,9-13,15-17,25H,6,8,14,18-21H2,1-3H3/t25-/m1/s1. The maximum absolute atomic E-state index is 13.0. The lowest BCUT2D eigenvalue weighted by Crippen LogP contribution is -2.42. The molecule has 3 heterocycles. The van der Waals surface area contributed by atoms with E-state index in [2.05, 4.69) is 64.5 Å². The third kappa shape index (κ3) is 6.17. The van der Waals surface area contributed by atoms with E-state index in [1.807, 2.05) is 43.3 Å². The van der Waals surface area contributed by atoms with E-state index in [0.717, 1.165) is 49.4 Å². The van der Waals surface area contributed by atoms with Crippen molar-refractivity contribution in [2.24, 2.45) is 13.0 Å². The van der Waals surface area contributed by atoms with Crippen LogP contribution < -0.4 is 4.74 Å². The topological polar surface area (TPSA) is 63.5 Å². The largest absolute Gasteiger partial charge is 0.493 e. The molecule has 5 rings (SSSR count). The molecule has 2 aromatic heterocycles. The number of rotatable bonds is 8. The number of aromatic nitrogens is 3. The molecule has 0 unspecified atom stereocenters. The molecular weight excluding hydrogens is 462 g/mol. The molecule has 0 N–H and O–H groups in total. The molecule has 0 radical (unpaired) electrons. The van der Waals surface area contributed by atoms with Gasteiger partial charge in [-0.25, -0.2) is 0 Å². The zero-order valence-electron chi connectivity index (χ0n) is 21.9. The number of hydrogen-bond donors (Lipinski definition) is 0. The van der Waals surface area contributed by atoms with Crippen molar-refractivity contribution in [3.05, 3.63) is 89.4 Å². The van der Waals surface area contributed by atoms with Gasteiger partial charge in [0.15, 0.2) is 0 Å². The Bertz CT molecular complexity index is 1380. The molecule has 0 aliphatic carbocycles. The Morgan fingerprint density at radius 3 is 2.73 bits per heavy atom. The van der Waals surface area contributed by atoms with E-state index in [0.29, 0.717) is 24.8 Å². The highest BCUT2D eigenvalue weighted by Gasteiger charge is 2.26. The number of piperidine rings is 1. The monoisotopic (exact) mass is 497 g/mol. The van der Waals surface area contributed by atoms with Gasteiger partial charge in [0.1, 0.15) is 11.4 Å². The molecule has 1 amide bonds. The second kappa shape index (κ2) is 11.1. The fraction of sp³-hybridized carbons (Fsp3) is 0.367. The van der Waals surface area contributed by atoms with E-state index in [9.17, 15) is 4.79 Å². The zero-order valence-corrected chi connectivity index (χ0v) is 21.9. The molecule has 37 heavy (non-hydrogen) atoms. The molecule has 1 fully saturated rings. The van der Waals surface area contributed by atoms with Gasteiger partial charge in [0.05, 0.1) is 17.8 Å². The molecule has 1 aliphatic heterocycles. The minimum Gasteiger partial charge on any atom is -0.493 e. The lowest BCUT2D eigenvalue weighted by molar-refractivity contribution is 0.0622. The minimum absolute atomic E-state index is 0.0560. The SMILES string of the molecule is Cc1cc(C(=O)N2CCC[C@@H](COc3cccc(CN(C)Cc4ccc5ncccc5c4)c3)C2)n(C)n1. The van der Waals surface area contributed by atoms with Crippen LogP contribution in [-0.2, 0) is 20.1 Å². The molecule has 0 saturated carbocycles. The fourth-order valence-corrected chi connectivity index (χ4v) is 5.21. The number of amides is 1. The van der Waals surface area contributed by atoms with Crippen LogP contribution in [0.15, 0.2) is 66.9 Å². The Morgan fingerprint density at radius 1 is 1.08 bits per heavy atom. The summed E-state index contributed by atoms with van der Waals surface area (Å²) in [6.07, 6.45) is 3.89. The van der Waals surface area contributed by atoms with Gasteiger partial charge >= 0.3 is 0 Å². The normalized spacial score (nSPS) is 15.9. The molecule has 7 heteroatoms. The zero-order chi connectivity index (χ0) is 25.8. The van der Waals surface area contributed by atoms with Crippen molar-refractivity contribution >= 4 is 16.8 Å². The van der Waals surface area contributed by atoms with Crippen LogP contribution in [0.2, 0.25) is 0 Å². The van der Waals surface area contributed by atoms with Crippen molar-refractivity contribution in [1.29, 1.82) is 0 Å². The summed E-state index contributed by atoms with van der Waals surface area (Å²) in [5.41, 5.74) is 5.03. The van der Waals surface area contributed by atoms with Crippen LogP contribution in [0.4, 0.5) is 0 Å². The number of ether oxygens (including phenoxy) is 1. The van der Waals surface area contributed by atoms with Gasteiger partial charge in [-0.1, -0.05) is 24.3 Å². The van der Waals surface area contributed by atoms with Crippen LogP contribution in [-0.4, -0.2) is 57.2 Å². The van der Waals surface area contributed by atoms with Crippen molar-refractivity contribution in [3.63, 3.8) is 0 Å². The Morgan fingerprint density at radius 2 is 1.92 bits per heavy atom. The summed E-state index contributed by atoms with van der Waals surface area (Å²) < 4.78 is 7.89. The highest BCUT2D eigenvalue weighted by atomic mass is 16.5. The van der Waals surface area contributed by atoms with Crippen LogP contribution in [0.5, 0.6) is 5.75 Å². The van der Waals surface area contributed by atoms with Crippen molar-refractivity contribution < 1.29 is 9.53 Å². The number of nitrogens with zero attached hydrogens (tertiary/aromatic N) is 5. The van der Waals surface area contributed by atoms with E-state index in [1.165, 1.54) is 16.5 Å². The molecular formula is C30H35N5O2. The second-order valence-electron chi connectivity index (χ2n) is 10.2. The van der Waals surface area contributed by atoms with Crippen LogP contribution in [0.3, 0.4) is 0 Å². The van der Waals surface area contributed by atoms with Gasteiger partial charge in [-0.2, -0.15) is 5.10 Å². The van der Waals surface area contributed by atoms with Crippen LogP contribution >= 0.6 is 0 Å². The smallest absolute Gasteiger partial charge is 0.272 e. The van der Waals surface area contributed by atoms with E-state index in [-0.39, 0.29) is 5.91 Å². The van der Waals surface area contributed by atoms with Crippen LogP contribution in [0, 0.1) is 12.8 Å².